The predicted octanol–water partition coefficient (Wildman–Crippen LogP) is 3.87. The molecule has 5 rings (SSSR count). The van der Waals surface area contributed by atoms with Gasteiger partial charge in [0.1, 0.15) is 11.4 Å². The molecule has 0 radical (unpaired) electrons. The Labute approximate surface area is 157 Å². The van der Waals surface area contributed by atoms with E-state index in [1.54, 1.807) is 7.11 Å². The second-order valence-corrected chi connectivity index (χ2v) is 7.15. The molecule has 3 N–H and O–H groups in total. The van der Waals surface area contributed by atoms with Crippen LogP contribution in [0.5, 0.6) is 5.75 Å². The fraction of sp³-hybridized carbons (Fsp3) is 0.227. The molecule has 0 amide bonds. The van der Waals surface area contributed by atoms with Crippen molar-refractivity contribution in [3.8, 4) is 5.75 Å². The zero-order chi connectivity index (χ0) is 18.4. The van der Waals surface area contributed by atoms with Crippen LogP contribution in [0.3, 0.4) is 0 Å². The van der Waals surface area contributed by atoms with Crippen LogP contribution in [0.25, 0.3) is 21.8 Å². The molecule has 27 heavy (non-hydrogen) atoms. The van der Waals surface area contributed by atoms with Gasteiger partial charge in [-0.3, -0.25) is 9.88 Å². The summed E-state index contributed by atoms with van der Waals surface area (Å²) in [6.45, 7) is 2.96. The van der Waals surface area contributed by atoms with Crippen LogP contribution in [-0.2, 0) is 19.5 Å². The van der Waals surface area contributed by atoms with E-state index >= 15 is 0 Å². The highest BCUT2D eigenvalue weighted by Gasteiger charge is 2.22. The number of aromatic nitrogens is 2. The normalized spacial score (nSPS) is 14.6. The van der Waals surface area contributed by atoms with Gasteiger partial charge in [0.05, 0.1) is 18.1 Å². The molecular formula is C22H22N4O. The topological polar surface area (TPSA) is 67.2 Å². The highest BCUT2D eigenvalue weighted by molar-refractivity contribution is 6.09. The van der Waals surface area contributed by atoms with Gasteiger partial charge in [-0.25, -0.2) is 0 Å². The Morgan fingerprint density at radius 3 is 2.81 bits per heavy atom. The molecule has 0 saturated heterocycles. The maximum absolute atomic E-state index is 6.24. The van der Waals surface area contributed by atoms with Gasteiger partial charge in [-0.2, -0.15) is 0 Å². The lowest BCUT2D eigenvalue weighted by molar-refractivity contribution is 0.245. The van der Waals surface area contributed by atoms with Crippen LogP contribution in [-0.4, -0.2) is 28.5 Å². The summed E-state index contributed by atoms with van der Waals surface area (Å²) in [6, 6.07) is 14.6. The fourth-order valence-electron chi connectivity index (χ4n) is 4.14. The number of nitrogens with one attached hydrogen (secondary N) is 1. The average molecular weight is 358 g/mol. The number of nitrogens with zero attached hydrogens (tertiary/aromatic N) is 2. The molecular weight excluding hydrogens is 336 g/mol. The summed E-state index contributed by atoms with van der Waals surface area (Å²) in [5.74, 6) is 0.666. The number of aromatic amines is 1. The third-order valence-electron chi connectivity index (χ3n) is 5.53. The number of hydrogen-bond donors (Lipinski definition) is 2. The molecule has 0 bridgehead atoms. The van der Waals surface area contributed by atoms with Gasteiger partial charge in [-0.1, -0.05) is 30.3 Å². The number of H-pyrrole nitrogens is 1. The summed E-state index contributed by atoms with van der Waals surface area (Å²) < 4.78 is 5.34. The number of anilines is 1. The highest BCUT2D eigenvalue weighted by Crippen LogP contribution is 2.36. The van der Waals surface area contributed by atoms with Gasteiger partial charge in [0.15, 0.2) is 0 Å². The van der Waals surface area contributed by atoms with Crippen molar-refractivity contribution in [1.82, 2.24) is 14.9 Å². The van der Waals surface area contributed by atoms with Gasteiger partial charge in [0.2, 0.25) is 0 Å². The van der Waals surface area contributed by atoms with Crippen molar-refractivity contribution in [2.75, 3.05) is 19.4 Å². The van der Waals surface area contributed by atoms with E-state index in [1.165, 1.54) is 22.2 Å². The van der Waals surface area contributed by atoms with Gasteiger partial charge in [0, 0.05) is 48.7 Å². The molecule has 2 aromatic carbocycles. The molecule has 1 aliphatic heterocycles. The second-order valence-electron chi connectivity index (χ2n) is 7.15. The summed E-state index contributed by atoms with van der Waals surface area (Å²) in [6.07, 6.45) is 2.97. The molecule has 5 heteroatoms. The summed E-state index contributed by atoms with van der Waals surface area (Å²) in [7, 11) is 1.63. The van der Waals surface area contributed by atoms with Crippen molar-refractivity contribution in [1.29, 1.82) is 0 Å². The molecule has 5 nitrogen and oxygen atoms in total. The minimum atomic E-state index is 0.593. The summed E-state index contributed by atoms with van der Waals surface area (Å²) in [5, 5.41) is 2.25. The Hall–Kier alpha value is -3.05. The summed E-state index contributed by atoms with van der Waals surface area (Å²) in [5.41, 5.74) is 12.8. The lowest BCUT2D eigenvalue weighted by Gasteiger charge is -2.27. The minimum absolute atomic E-state index is 0.593. The average Bonchev–Trinajstić information content (AvgIpc) is 3.07. The second kappa shape index (κ2) is 6.28. The molecule has 0 fully saturated rings. The van der Waals surface area contributed by atoms with E-state index in [1.807, 2.05) is 18.3 Å². The number of rotatable bonds is 3. The Morgan fingerprint density at radius 2 is 2.00 bits per heavy atom. The van der Waals surface area contributed by atoms with E-state index in [0.717, 1.165) is 42.5 Å². The van der Waals surface area contributed by atoms with E-state index in [9.17, 15) is 0 Å². The molecule has 1 aliphatic rings. The molecule has 0 saturated carbocycles. The van der Waals surface area contributed by atoms with Crippen LogP contribution >= 0.6 is 0 Å². The maximum atomic E-state index is 6.24. The molecule has 0 unspecified atom stereocenters. The van der Waals surface area contributed by atoms with Crippen molar-refractivity contribution in [3.63, 3.8) is 0 Å². The minimum Gasteiger partial charge on any atom is -0.495 e. The van der Waals surface area contributed by atoms with Crippen LogP contribution in [0, 0.1) is 0 Å². The quantitative estimate of drug-likeness (QED) is 0.546. The lowest BCUT2D eigenvalue weighted by atomic mass is 10.0. The number of fused-ring (bicyclic) bond motifs is 5. The van der Waals surface area contributed by atoms with E-state index in [-0.39, 0.29) is 0 Å². The van der Waals surface area contributed by atoms with Crippen LogP contribution in [0.2, 0.25) is 0 Å². The Bertz CT molecular complexity index is 1130. The van der Waals surface area contributed by atoms with Gasteiger partial charge in [-0.15, -0.1) is 0 Å². The number of pyridine rings is 1. The summed E-state index contributed by atoms with van der Waals surface area (Å²) in [4.78, 5) is 10.8. The van der Waals surface area contributed by atoms with Crippen molar-refractivity contribution in [3.05, 3.63) is 65.5 Å². The van der Waals surface area contributed by atoms with Crippen molar-refractivity contribution in [2.24, 2.45) is 0 Å². The Morgan fingerprint density at radius 1 is 1.15 bits per heavy atom. The van der Waals surface area contributed by atoms with E-state index in [2.05, 4.69) is 45.2 Å². The zero-order valence-corrected chi connectivity index (χ0v) is 15.3. The first kappa shape index (κ1) is 16.1. The third kappa shape index (κ3) is 2.62. The molecule has 0 atom stereocenters. The SMILES string of the molecule is COc1ccc2c(ncc3c4c([nH]c32)CCN(Cc2ccccc2)C4)c1N. The van der Waals surface area contributed by atoms with Crippen LogP contribution < -0.4 is 10.5 Å². The Kier molecular flexibility index (Phi) is 3.76. The molecule has 3 heterocycles. The number of methoxy groups -OCH3 is 1. The van der Waals surface area contributed by atoms with E-state index in [0.29, 0.717) is 11.4 Å². The first-order valence-corrected chi connectivity index (χ1v) is 9.25. The van der Waals surface area contributed by atoms with Crippen LogP contribution in [0.15, 0.2) is 48.7 Å². The molecule has 4 aromatic rings. The van der Waals surface area contributed by atoms with Crippen LogP contribution in [0.4, 0.5) is 5.69 Å². The van der Waals surface area contributed by atoms with Crippen molar-refractivity contribution < 1.29 is 4.74 Å². The number of nitrogens with two attached hydrogens (primary N) is 1. The number of benzene rings is 2. The highest BCUT2D eigenvalue weighted by atomic mass is 16.5. The third-order valence-corrected chi connectivity index (χ3v) is 5.53. The van der Waals surface area contributed by atoms with Gasteiger partial charge in [0.25, 0.3) is 0 Å². The van der Waals surface area contributed by atoms with E-state index < -0.39 is 0 Å². The largest absolute Gasteiger partial charge is 0.495 e. The van der Waals surface area contributed by atoms with E-state index in [4.69, 9.17) is 10.5 Å². The zero-order valence-electron chi connectivity index (χ0n) is 15.3. The Balaban J connectivity index is 1.56. The number of hydrogen-bond acceptors (Lipinski definition) is 4. The van der Waals surface area contributed by atoms with Gasteiger partial charge < -0.3 is 15.5 Å². The number of nitrogen functional groups attached to an aromatic ring is 1. The van der Waals surface area contributed by atoms with Crippen molar-refractivity contribution >= 4 is 27.5 Å². The maximum Gasteiger partial charge on any atom is 0.144 e. The monoisotopic (exact) mass is 358 g/mol. The van der Waals surface area contributed by atoms with Gasteiger partial charge >= 0.3 is 0 Å². The molecule has 136 valence electrons. The van der Waals surface area contributed by atoms with Gasteiger partial charge in [-0.05, 0) is 23.3 Å². The standard InChI is InChI=1S/C22H22N4O/c1-27-19-8-7-15-21-16(11-24-22(15)20(19)23)17-13-26(10-9-18(17)25-21)12-14-5-3-2-4-6-14/h2-8,11,25H,9-10,12-13,23H2,1H3. The molecule has 0 aliphatic carbocycles. The first-order chi connectivity index (χ1) is 13.2. The lowest BCUT2D eigenvalue weighted by Crippen LogP contribution is -2.29. The smallest absolute Gasteiger partial charge is 0.144 e. The number of ether oxygens (including phenoxy) is 1. The van der Waals surface area contributed by atoms with Crippen LogP contribution in [0.1, 0.15) is 16.8 Å². The first-order valence-electron chi connectivity index (χ1n) is 9.25. The molecule has 0 spiro atoms. The predicted molar refractivity (Wildman–Crippen MR) is 109 cm³/mol. The summed E-state index contributed by atoms with van der Waals surface area (Å²) >= 11 is 0. The fourth-order valence-corrected chi connectivity index (χ4v) is 4.14. The molecule has 2 aromatic heterocycles. The van der Waals surface area contributed by atoms with Crippen molar-refractivity contribution in [2.45, 2.75) is 19.5 Å².